The van der Waals surface area contributed by atoms with Gasteiger partial charge in [0, 0.05) is 30.5 Å². The summed E-state index contributed by atoms with van der Waals surface area (Å²) in [7, 11) is 0. The standard InChI is InChI=1S/C20H22ClN3O2/c21-17-6-2-1-5-16(17)20(7-8-20)23-19(25)18(15-4-3-9-22-14-15)24-10-12-26-13-11-24/h1-6,9,14,18H,7-8,10-13H2,(H,23,25). The molecular formula is C20H22ClN3O2. The second-order valence-electron chi connectivity index (χ2n) is 6.89. The summed E-state index contributed by atoms with van der Waals surface area (Å²) in [5, 5.41) is 3.99. The van der Waals surface area contributed by atoms with Crippen LogP contribution in [-0.2, 0) is 15.1 Å². The van der Waals surface area contributed by atoms with Crippen LogP contribution in [0, 0.1) is 0 Å². The molecule has 1 aromatic heterocycles. The molecule has 1 unspecified atom stereocenters. The van der Waals surface area contributed by atoms with E-state index in [1.807, 2.05) is 36.4 Å². The quantitative estimate of drug-likeness (QED) is 0.878. The number of hydrogen-bond acceptors (Lipinski definition) is 4. The van der Waals surface area contributed by atoms with Crippen molar-refractivity contribution in [3.63, 3.8) is 0 Å². The summed E-state index contributed by atoms with van der Waals surface area (Å²) in [4.78, 5) is 19.7. The van der Waals surface area contributed by atoms with Gasteiger partial charge in [0.2, 0.25) is 5.91 Å². The summed E-state index contributed by atoms with van der Waals surface area (Å²) < 4.78 is 5.46. The minimum atomic E-state index is -0.368. The zero-order chi connectivity index (χ0) is 18.0. The van der Waals surface area contributed by atoms with Gasteiger partial charge in [0.25, 0.3) is 0 Å². The van der Waals surface area contributed by atoms with Crippen LogP contribution in [0.3, 0.4) is 0 Å². The normalized spacial score (nSPS) is 20.3. The van der Waals surface area contributed by atoms with Gasteiger partial charge in [0.15, 0.2) is 0 Å². The number of morpholine rings is 1. The third kappa shape index (κ3) is 3.47. The van der Waals surface area contributed by atoms with Crippen LogP contribution < -0.4 is 5.32 Å². The van der Waals surface area contributed by atoms with Gasteiger partial charge in [-0.25, -0.2) is 0 Å². The van der Waals surface area contributed by atoms with E-state index in [1.165, 1.54) is 0 Å². The van der Waals surface area contributed by atoms with Crippen LogP contribution in [0.4, 0.5) is 0 Å². The Kier molecular flexibility index (Phi) is 4.94. The summed E-state index contributed by atoms with van der Waals surface area (Å²) in [6.07, 6.45) is 5.31. The van der Waals surface area contributed by atoms with Crippen molar-refractivity contribution >= 4 is 17.5 Å². The predicted octanol–water partition coefficient (Wildman–Crippen LogP) is 2.91. The Bertz CT molecular complexity index is 774. The van der Waals surface area contributed by atoms with Crippen LogP contribution >= 0.6 is 11.6 Å². The highest BCUT2D eigenvalue weighted by Crippen LogP contribution is 2.48. The number of ether oxygens (including phenoxy) is 1. The van der Waals surface area contributed by atoms with Crippen molar-refractivity contribution in [3.05, 3.63) is 64.9 Å². The smallest absolute Gasteiger partial charge is 0.242 e. The molecule has 2 aliphatic rings. The van der Waals surface area contributed by atoms with E-state index in [2.05, 4.69) is 15.2 Å². The Labute approximate surface area is 158 Å². The first-order valence-electron chi connectivity index (χ1n) is 8.98. The number of benzene rings is 1. The molecule has 2 aromatic rings. The molecule has 1 aromatic carbocycles. The largest absolute Gasteiger partial charge is 0.379 e. The molecule has 0 spiro atoms. The van der Waals surface area contributed by atoms with Crippen LogP contribution in [0.5, 0.6) is 0 Å². The van der Waals surface area contributed by atoms with Gasteiger partial charge in [0.05, 0.1) is 18.8 Å². The minimum absolute atomic E-state index is 0.00248. The van der Waals surface area contributed by atoms with Gasteiger partial charge in [-0.3, -0.25) is 14.7 Å². The molecule has 2 fully saturated rings. The molecule has 6 heteroatoms. The van der Waals surface area contributed by atoms with Crippen molar-refractivity contribution in [2.75, 3.05) is 26.3 Å². The van der Waals surface area contributed by atoms with Gasteiger partial charge in [-0.1, -0.05) is 35.9 Å². The van der Waals surface area contributed by atoms with Gasteiger partial charge < -0.3 is 10.1 Å². The van der Waals surface area contributed by atoms with Crippen molar-refractivity contribution in [3.8, 4) is 0 Å². The summed E-state index contributed by atoms with van der Waals surface area (Å²) in [5.41, 5.74) is 1.56. The molecular weight excluding hydrogens is 350 g/mol. The van der Waals surface area contributed by atoms with Gasteiger partial charge in [-0.05, 0) is 36.1 Å². The molecule has 26 heavy (non-hydrogen) atoms. The van der Waals surface area contributed by atoms with Crippen molar-refractivity contribution in [1.82, 2.24) is 15.2 Å². The number of carbonyl (C=O) groups is 1. The number of aromatic nitrogens is 1. The lowest BCUT2D eigenvalue weighted by Gasteiger charge is -2.34. The molecule has 0 bridgehead atoms. The maximum absolute atomic E-state index is 13.3. The topological polar surface area (TPSA) is 54.5 Å². The first kappa shape index (κ1) is 17.5. The Hall–Kier alpha value is -1.95. The Morgan fingerprint density at radius 1 is 1.19 bits per heavy atom. The second-order valence-corrected chi connectivity index (χ2v) is 7.30. The van der Waals surface area contributed by atoms with E-state index in [1.54, 1.807) is 12.4 Å². The van der Waals surface area contributed by atoms with Crippen LogP contribution in [0.1, 0.15) is 30.0 Å². The molecule has 136 valence electrons. The van der Waals surface area contributed by atoms with Crippen LogP contribution in [-0.4, -0.2) is 42.1 Å². The second kappa shape index (κ2) is 7.35. The van der Waals surface area contributed by atoms with Crippen LogP contribution in [0.25, 0.3) is 0 Å². The Morgan fingerprint density at radius 3 is 2.62 bits per heavy atom. The van der Waals surface area contributed by atoms with Gasteiger partial charge in [-0.2, -0.15) is 0 Å². The van der Waals surface area contributed by atoms with Gasteiger partial charge in [0.1, 0.15) is 6.04 Å². The maximum Gasteiger partial charge on any atom is 0.242 e. The van der Waals surface area contributed by atoms with Gasteiger partial charge in [-0.15, -0.1) is 0 Å². The summed E-state index contributed by atoms with van der Waals surface area (Å²) >= 11 is 6.39. The molecule has 1 aliphatic heterocycles. The number of nitrogens with zero attached hydrogens (tertiary/aromatic N) is 2. The summed E-state index contributed by atoms with van der Waals surface area (Å²) in [6.45, 7) is 2.73. The lowest BCUT2D eigenvalue weighted by Crippen LogP contribution is -2.48. The van der Waals surface area contributed by atoms with E-state index < -0.39 is 0 Å². The molecule has 1 atom stereocenters. The van der Waals surface area contributed by atoms with Crippen molar-refractivity contribution < 1.29 is 9.53 Å². The molecule has 1 amide bonds. The third-order valence-corrected chi connectivity index (χ3v) is 5.49. The fourth-order valence-corrected chi connectivity index (χ4v) is 3.96. The highest BCUT2D eigenvalue weighted by Gasteiger charge is 2.48. The average Bonchev–Trinajstić information content (AvgIpc) is 3.44. The van der Waals surface area contributed by atoms with Crippen molar-refractivity contribution in [2.45, 2.75) is 24.4 Å². The van der Waals surface area contributed by atoms with Crippen molar-refractivity contribution in [1.29, 1.82) is 0 Å². The minimum Gasteiger partial charge on any atom is -0.379 e. The Morgan fingerprint density at radius 2 is 1.96 bits per heavy atom. The van der Waals surface area contributed by atoms with E-state index >= 15 is 0 Å². The summed E-state index contributed by atoms with van der Waals surface area (Å²) in [5.74, 6) is -0.00248. The molecule has 1 N–H and O–H groups in total. The molecule has 1 aliphatic carbocycles. The molecule has 2 heterocycles. The van der Waals surface area contributed by atoms with E-state index in [-0.39, 0.29) is 17.5 Å². The zero-order valence-corrected chi connectivity index (χ0v) is 15.3. The van der Waals surface area contributed by atoms with Crippen LogP contribution in [0.15, 0.2) is 48.8 Å². The van der Waals surface area contributed by atoms with E-state index in [9.17, 15) is 4.79 Å². The van der Waals surface area contributed by atoms with Crippen LogP contribution in [0.2, 0.25) is 5.02 Å². The molecule has 4 rings (SSSR count). The fourth-order valence-electron chi connectivity index (χ4n) is 3.64. The molecule has 1 saturated carbocycles. The third-order valence-electron chi connectivity index (χ3n) is 5.16. The average molecular weight is 372 g/mol. The highest BCUT2D eigenvalue weighted by atomic mass is 35.5. The number of hydrogen-bond donors (Lipinski definition) is 1. The lowest BCUT2D eigenvalue weighted by atomic mass is 10.0. The SMILES string of the molecule is O=C(NC1(c2ccccc2Cl)CC1)C(c1cccnc1)N1CCOCC1. The maximum atomic E-state index is 13.3. The summed E-state index contributed by atoms with van der Waals surface area (Å²) in [6, 6.07) is 11.2. The van der Waals surface area contributed by atoms with E-state index in [0.29, 0.717) is 18.2 Å². The predicted molar refractivity (Wildman–Crippen MR) is 99.9 cm³/mol. The van der Waals surface area contributed by atoms with E-state index in [0.717, 1.165) is 37.1 Å². The number of pyridine rings is 1. The van der Waals surface area contributed by atoms with Crippen molar-refractivity contribution in [2.24, 2.45) is 0 Å². The molecule has 5 nitrogen and oxygen atoms in total. The monoisotopic (exact) mass is 371 g/mol. The molecule has 0 radical (unpaired) electrons. The number of nitrogens with one attached hydrogen (secondary N) is 1. The number of halogens is 1. The fraction of sp³-hybridized carbons (Fsp3) is 0.400. The number of rotatable bonds is 5. The van der Waals surface area contributed by atoms with Gasteiger partial charge >= 0.3 is 0 Å². The first-order chi connectivity index (χ1) is 12.7. The first-order valence-corrected chi connectivity index (χ1v) is 9.36. The molecule has 1 saturated heterocycles. The number of carbonyl (C=O) groups excluding carboxylic acids is 1. The van der Waals surface area contributed by atoms with E-state index in [4.69, 9.17) is 16.3 Å². The lowest BCUT2D eigenvalue weighted by molar-refractivity contribution is -0.129. The zero-order valence-electron chi connectivity index (χ0n) is 14.5. The Balaban J connectivity index is 1.60. The number of amides is 1. The highest BCUT2D eigenvalue weighted by molar-refractivity contribution is 6.31.